The number of halogens is 1. The Morgan fingerprint density at radius 3 is 2.61 bits per heavy atom. The maximum absolute atomic E-state index is 12.3. The molecular weight excluding hydrogens is 382 g/mol. The van der Waals surface area contributed by atoms with Gasteiger partial charge in [-0.3, -0.25) is 15.0 Å². The Bertz CT molecular complexity index is 1060. The number of methoxy groups -OCH3 is 1. The topological polar surface area (TPSA) is 134 Å². The minimum Gasteiger partial charge on any atom is -0.469 e. The fourth-order valence-corrected chi connectivity index (χ4v) is 2.89. The van der Waals surface area contributed by atoms with Crippen LogP contribution in [-0.4, -0.2) is 41.3 Å². The number of fused-ring (bicyclic) bond motifs is 1. The number of aromatic nitrogens is 2. The van der Waals surface area contributed by atoms with Crippen LogP contribution in [-0.2, 0) is 9.53 Å². The first kappa shape index (κ1) is 19.4. The minimum atomic E-state index is -0.400. The van der Waals surface area contributed by atoms with Crippen LogP contribution in [0.1, 0.15) is 22.3 Å². The van der Waals surface area contributed by atoms with Crippen LogP contribution in [0, 0.1) is 5.41 Å². The third-order valence-corrected chi connectivity index (χ3v) is 4.40. The molecule has 0 saturated carbocycles. The van der Waals surface area contributed by atoms with Crippen molar-refractivity contribution in [1.82, 2.24) is 15.3 Å². The minimum absolute atomic E-state index is 0.0120. The smallest absolute Gasteiger partial charge is 0.307 e. The zero-order valence-electron chi connectivity index (χ0n) is 15.0. The second-order valence-corrected chi connectivity index (χ2v) is 6.42. The molecule has 0 aliphatic rings. The molecule has 2 aromatic carbocycles. The van der Waals surface area contributed by atoms with Gasteiger partial charge in [0.05, 0.1) is 24.1 Å². The molecule has 3 aromatic rings. The molecule has 0 fully saturated rings. The molecule has 3 rings (SSSR count). The van der Waals surface area contributed by atoms with Gasteiger partial charge in [-0.2, -0.15) is 0 Å². The number of hydrogen-bond acceptors (Lipinski definition) is 5. The fourth-order valence-electron chi connectivity index (χ4n) is 2.63. The van der Waals surface area contributed by atoms with E-state index in [9.17, 15) is 9.59 Å². The summed E-state index contributed by atoms with van der Waals surface area (Å²) in [5.41, 5.74) is 8.37. The van der Waals surface area contributed by atoms with Gasteiger partial charge in [0.15, 0.2) is 0 Å². The maximum Gasteiger partial charge on any atom is 0.307 e. The molecule has 144 valence electrons. The molecule has 1 heterocycles. The molecule has 28 heavy (non-hydrogen) atoms. The van der Waals surface area contributed by atoms with Crippen molar-refractivity contribution in [2.24, 2.45) is 5.73 Å². The molecule has 1 amide bonds. The Labute approximate surface area is 165 Å². The largest absolute Gasteiger partial charge is 0.469 e. The second-order valence-electron chi connectivity index (χ2n) is 6.01. The number of aromatic amines is 1. The molecule has 0 saturated heterocycles. The molecule has 0 aliphatic heterocycles. The Morgan fingerprint density at radius 1 is 1.25 bits per heavy atom. The molecular formula is C19H18ClN5O3. The van der Waals surface area contributed by atoms with Crippen molar-refractivity contribution < 1.29 is 14.3 Å². The van der Waals surface area contributed by atoms with Gasteiger partial charge >= 0.3 is 5.97 Å². The summed E-state index contributed by atoms with van der Waals surface area (Å²) in [7, 11) is 1.29. The normalized spacial score (nSPS) is 10.6. The number of benzene rings is 2. The number of amides is 1. The van der Waals surface area contributed by atoms with E-state index >= 15 is 0 Å². The van der Waals surface area contributed by atoms with Crippen molar-refractivity contribution in [3.05, 3.63) is 52.5 Å². The predicted molar refractivity (Wildman–Crippen MR) is 107 cm³/mol. The lowest BCUT2D eigenvalue weighted by Crippen LogP contribution is -2.26. The average Bonchev–Trinajstić information content (AvgIpc) is 3.12. The number of amidine groups is 1. The van der Waals surface area contributed by atoms with Crippen LogP contribution in [0.25, 0.3) is 22.4 Å². The fraction of sp³-hybridized carbons (Fsp3) is 0.158. The lowest BCUT2D eigenvalue weighted by Gasteiger charge is -2.05. The molecule has 0 radical (unpaired) electrons. The predicted octanol–water partition coefficient (Wildman–Crippen LogP) is 2.46. The summed E-state index contributed by atoms with van der Waals surface area (Å²) >= 11 is 6.30. The summed E-state index contributed by atoms with van der Waals surface area (Å²) in [5.74, 6) is -0.185. The van der Waals surface area contributed by atoms with E-state index in [1.165, 1.54) is 13.2 Å². The highest BCUT2D eigenvalue weighted by Crippen LogP contribution is 2.27. The number of hydrogen-bond donors (Lipinski definition) is 4. The van der Waals surface area contributed by atoms with Gasteiger partial charge in [0.25, 0.3) is 5.91 Å². The first-order valence-electron chi connectivity index (χ1n) is 8.38. The van der Waals surface area contributed by atoms with Gasteiger partial charge in [0.1, 0.15) is 17.2 Å². The number of nitrogens with two attached hydrogens (primary N) is 1. The second kappa shape index (κ2) is 8.10. The highest BCUT2D eigenvalue weighted by atomic mass is 35.5. The molecule has 0 aliphatic carbocycles. The monoisotopic (exact) mass is 399 g/mol. The first-order chi connectivity index (χ1) is 13.4. The standard InChI is InChI=1S/C19H18ClN5O3/c1-28-15(26)6-7-23-19(27)12-8-13(20)16-14(9-12)24-18(25-16)11-4-2-10(3-5-11)17(21)22/h2-5,8-9H,6-7H2,1H3,(H3,21,22)(H,23,27)(H,24,25). The highest BCUT2D eigenvalue weighted by molar-refractivity contribution is 6.35. The van der Waals surface area contributed by atoms with E-state index in [4.69, 9.17) is 22.7 Å². The van der Waals surface area contributed by atoms with Gasteiger partial charge in [0.2, 0.25) is 0 Å². The first-order valence-corrected chi connectivity index (χ1v) is 8.76. The van der Waals surface area contributed by atoms with Gasteiger partial charge in [-0.1, -0.05) is 35.9 Å². The van der Waals surface area contributed by atoms with Crippen LogP contribution in [0.3, 0.4) is 0 Å². The van der Waals surface area contributed by atoms with Crippen LogP contribution in [0.5, 0.6) is 0 Å². The maximum atomic E-state index is 12.3. The summed E-state index contributed by atoms with van der Waals surface area (Å²) < 4.78 is 4.54. The van der Waals surface area contributed by atoms with Crippen molar-refractivity contribution in [3.8, 4) is 11.4 Å². The number of nitrogens with zero attached hydrogens (tertiary/aromatic N) is 1. The molecule has 1 aromatic heterocycles. The van der Waals surface area contributed by atoms with Crippen LogP contribution in [0.4, 0.5) is 0 Å². The lowest BCUT2D eigenvalue weighted by molar-refractivity contribution is -0.140. The van der Waals surface area contributed by atoms with Crippen LogP contribution in [0.15, 0.2) is 36.4 Å². The summed E-state index contributed by atoms with van der Waals surface area (Å²) in [5, 5.41) is 10.4. The molecule has 0 spiro atoms. The summed E-state index contributed by atoms with van der Waals surface area (Å²) in [4.78, 5) is 31.1. The zero-order valence-corrected chi connectivity index (χ0v) is 15.8. The molecule has 5 N–H and O–H groups in total. The number of H-pyrrole nitrogens is 1. The number of nitrogen functional groups attached to an aromatic ring is 1. The third kappa shape index (κ3) is 4.12. The van der Waals surface area contributed by atoms with E-state index < -0.39 is 5.97 Å². The van der Waals surface area contributed by atoms with E-state index in [1.807, 2.05) is 0 Å². The Hall–Kier alpha value is -3.39. The van der Waals surface area contributed by atoms with Crippen molar-refractivity contribution in [1.29, 1.82) is 5.41 Å². The van der Waals surface area contributed by atoms with E-state index in [0.29, 0.717) is 33.0 Å². The van der Waals surface area contributed by atoms with Crippen LogP contribution < -0.4 is 11.1 Å². The van der Waals surface area contributed by atoms with E-state index in [1.54, 1.807) is 30.3 Å². The van der Waals surface area contributed by atoms with E-state index in [2.05, 4.69) is 20.0 Å². The number of rotatable bonds is 6. The van der Waals surface area contributed by atoms with Crippen molar-refractivity contribution in [2.75, 3.05) is 13.7 Å². The Morgan fingerprint density at radius 2 is 1.96 bits per heavy atom. The molecule has 0 bridgehead atoms. The molecule has 9 heteroatoms. The number of esters is 1. The quantitative estimate of drug-likeness (QED) is 0.287. The third-order valence-electron chi connectivity index (χ3n) is 4.11. The van der Waals surface area contributed by atoms with Gasteiger partial charge in [-0.25, -0.2) is 4.98 Å². The summed E-state index contributed by atoms with van der Waals surface area (Å²) in [6, 6.07) is 10.2. The zero-order chi connectivity index (χ0) is 20.3. The van der Waals surface area contributed by atoms with E-state index in [0.717, 1.165) is 5.56 Å². The number of carbonyl (C=O) groups excluding carboxylic acids is 2. The number of imidazole rings is 1. The summed E-state index contributed by atoms with van der Waals surface area (Å²) in [6.45, 7) is 0.165. The van der Waals surface area contributed by atoms with Crippen molar-refractivity contribution >= 4 is 40.3 Å². The number of nitrogens with one attached hydrogen (secondary N) is 3. The summed E-state index contributed by atoms with van der Waals surface area (Å²) in [6.07, 6.45) is 0.0860. The lowest BCUT2D eigenvalue weighted by atomic mass is 10.1. The van der Waals surface area contributed by atoms with Gasteiger partial charge in [-0.05, 0) is 12.1 Å². The SMILES string of the molecule is COC(=O)CCNC(=O)c1cc(Cl)c2nc(-c3ccc(C(=N)N)cc3)[nH]c2c1. The average molecular weight is 400 g/mol. The van der Waals surface area contributed by atoms with Crippen molar-refractivity contribution in [3.63, 3.8) is 0 Å². The Balaban J connectivity index is 1.84. The molecule has 0 atom stereocenters. The molecule has 0 unspecified atom stereocenters. The number of carbonyl (C=O) groups is 2. The van der Waals surface area contributed by atoms with Gasteiger partial charge in [-0.15, -0.1) is 0 Å². The van der Waals surface area contributed by atoms with Gasteiger partial charge in [0, 0.05) is 23.2 Å². The van der Waals surface area contributed by atoms with Gasteiger partial charge < -0.3 is 20.8 Å². The van der Waals surface area contributed by atoms with E-state index in [-0.39, 0.29) is 24.7 Å². The molecule has 8 nitrogen and oxygen atoms in total. The van der Waals surface area contributed by atoms with Crippen LogP contribution in [0.2, 0.25) is 5.02 Å². The van der Waals surface area contributed by atoms with Crippen LogP contribution >= 0.6 is 11.6 Å². The van der Waals surface area contributed by atoms with Crippen molar-refractivity contribution in [2.45, 2.75) is 6.42 Å². The Kier molecular flexibility index (Phi) is 5.60. The number of ether oxygens (including phenoxy) is 1. The highest BCUT2D eigenvalue weighted by Gasteiger charge is 2.14.